The van der Waals surface area contributed by atoms with Gasteiger partial charge in [-0.2, -0.15) is 17.0 Å². The largest absolute Gasteiger partial charge is 0.377 e. The van der Waals surface area contributed by atoms with E-state index in [1.165, 1.54) is 8.61 Å². The molecule has 0 radical (unpaired) electrons. The van der Waals surface area contributed by atoms with Gasteiger partial charge in [-0.05, 0) is 0 Å². The monoisotopic (exact) mass is 279 g/mol. The normalized spacial score (nSPS) is 31.9. The average molecular weight is 279 g/mol. The fourth-order valence-corrected chi connectivity index (χ4v) is 4.03. The highest BCUT2D eigenvalue weighted by atomic mass is 32.2. The first-order valence-electron chi connectivity index (χ1n) is 6.11. The number of rotatable bonds is 4. The maximum atomic E-state index is 12.4. The molecule has 2 aliphatic heterocycles. The molecule has 2 rings (SSSR count). The Labute approximate surface area is 108 Å². The molecular formula is C10H21N3O4S. The van der Waals surface area contributed by atoms with Crippen molar-refractivity contribution in [2.24, 2.45) is 0 Å². The van der Waals surface area contributed by atoms with Gasteiger partial charge in [0.2, 0.25) is 0 Å². The number of nitrogens with zero attached hydrogens (tertiary/aromatic N) is 2. The smallest absolute Gasteiger partial charge is 0.282 e. The van der Waals surface area contributed by atoms with Crippen molar-refractivity contribution in [3.05, 3.63) is 0 Å². The molecule has 0 aromatic rings. The lowest BCUT2D eigenvalue weighted by atomic mass is 10.3. The molecule has 0 bridgehead atoms. The summed E-state index contributed by atoms with van der Waals surface area (Å²) in [6.07, 6.45) is -0.375. The Bertz CT molecular complexity index is 357. The lowest BCUT2D eigenvalue weighted by Gasteiger charge is -2.30. The lowest BCUT2D eigenvalue weighted by Crippen LogP contribution is -2.51. The highest BCUT2D eigenvalue weighted by Gasteiger charge is 2.41. The molecular weight excluding hydrogens is 258 g/mol. The van der Waals surface area contributed by atoms with E-state index >= 15 is 0 Å². The van der Waals surface area contributed by atoms with E-state index in [4.69, 9.17) is 9.47 Å². The van der Waals surface area contributed by atoms with E-state index in [2.05, 4.69) is 5.32 Å². The van der Waals surface area contributed by atoms with Crippen molar-refractivity contribution < 1.29 is 17.9 Å². The third-order valence-electron chi connectivity index (χ3n) is 3.52. The SMILES string of the molecule is COC1CN(S(=O)(=O)N2CCNCC2)CC1OC. The first kappa shape index (κ1) is 14.2. The topological polar surface area (TPSA) is 71.1 Å². The minimum atomic E-state index is -3.38. The Balaban J connectivity index is 2.06. The van der Waals surface area contributed by atoms with Gasteiger partial charge in [0.15, 0.2) is 0 Å². The van der Waals surface area contributed by atoms with Crippen LogP contribution in [0.1, 0.15) is 0 Å². The average Bonchev–Trinajstić information content (AvgIpc) is 2.83. The minimum Gasteiger partial charge on any atom is -0.377 e. The predicted molar refractivity (Wildman–Crippen MR) is 66.5 cm³/mol. The van der Waals surface area contributed by atoms with E-state index in [1.54, 1.807) is 14.2 Å². The van der Waals surface area contributed by atoms with Crippen molar-refractivity contribution in [1.82, 2.24) is 13.9 Å². The van der Waals surface area contributed by atoms with Crippen molar-refractivity contribution in [3.63, 3.8) is 0 Å². The van der Waals surface area contributed by atoms with Crippen molar-refractivity contribution >= 4 is 10.2 Å². The summed E-state index contributed by atoms with van der Waals surface area (Å²) in [5.41, 5.74) is 0. The van der Waals surface area contributed by atoms with Crippen molar-refractivity contribution in [2.75, 3.05) is 53.5 Å². The van der Waals surface area contributed by atoms with Crippen LogP contribution in [0.5, 0.6) is 0 Å². The second-order valence-corrected chi connectivity index (χ2v) is 6.45. The van der Waals surface area contributed by atoms with Crippen LogP contribution in [0.15, 0.2) is 0 Å². The van der Waals surface area contributed by atoms with Gasteiger partial charge in [0, 0.05) is 53.5 Å². The van der Waals surface area contributed by atoms with Gasteiger partial charge in [0.25, 0.3) is 10.2 Å². The maximum Gasteiger partial charge on any atom is 0.282 e. The van der Waals surface area contributed by atoms with Crippen LogP contribution in [0.4, 0.5) is 0 Å². The molecule has 0 aliphatic carbocycles. The Morgan fingerprint density at radius 2 is 1.50 bits per heavy atom. The summed E-state index contributed by atoms with van der Waals surface area (Å²) in [6, 6.07) is 0. The summed E-state index contributed by atoms with van der Waals surface area (Å²) in [5.74, 6) is 0. The van der Waals surface area contributed by atoms with E-state index in [0.29, 0.717) is 39.3 Å². The zero-order chi connectivity index (χ0) is 13.2. The molecule has 0 aromatic heterocycles. The fourth-order valence-electron chi connectivity index (χ4n) is 2.39. The van der Waals surface area contributed by atoms with Crippen LogP contribution in [-0.2, 0) is 19.7 Å². The highest BCUT2D eigenvalue weighted by molar-refractivity contribution is 7.86. The van der Waals surface area contributed by atoms with Gasteiger partial charge >= 0.3 is 0 Å². The molecule has 7 nitrogen and oxygen atoms in total. The third kappa shape index (κ3) is 2.68. The number of piperazine rings is 1. The molecule has 2 unspecified atom stereocenters. The molecule has 2 aliphatic rings. The van der Waals surface area contributed by atoms with Gasteiger partial charge in [0.1, 0.15) is 0 Å². The second-order valence-electron chi connectivity index (χ2n) is 4.52. The third-order valence-corrected chi connectivity index (χ3v) is 5.48. The quantitative estimate of drug-likeness (QED) is 0.677. The molecule has 8 heteroatoms. The Kier molecular flexibility index (Phi) is 4.57. The molecule has 2 atom stereocenters. The van der Waals surface area contributed by atoms with Gasteiger partial charge in [-0.1, -0.05) is 0 Å². The zero-order valence-corrected chi connectivity index (χ0v) is 11.6. The Morgan fingerprint density at radius 3 is 1.94 bits per heavy atom. The number of hydrogen-bond acceptors (Lipinski definition) is 5. The predicted octanol–water partition coefficient (Wildman–Crippen LogP) is -1.52. The number of hydrogen-bond donors (Lipinski definition) is 1. The lowest BCUT2D eigenvalue weighted by molar-refractivity contribution is -0.00461. The number of methoxy groups -OCH3 is 2. The van der Waals surface area contributed by atoms with Crippen LogP contribution in [0, 0.1) is 0 Å². The zero-order valence-electron chi connectivity index (χ0n) is 10.8. The maximum absolute atomic E-state index is 12.4. The van der Waals surface area contributed by atoms with E-state index in [0.717, 1.165) is 0 Å². The van der Waals surface area contributed by atoms with Crippen molar-refractivity contribution in [3.8, 4) is 0 Å². The van der Waals surface area contributed by atoms with E-state index in [9.17, 15) is 8.42 Å². The van der Waals surface area contributed by atoms with Crippen LogP contribution in [0.2, 0.25) is 0 Å². The first-order valence-corrected chi connectivity index (χ1v) is 7.51. The van der Waals surface area contributed by atoms with E-state index in [-0.39, 0.29) is 12.2 Å². The summed E-state index contributed by atoms with van der Waals surface area (Å²) in [7, 11) is -0.219. The van der Waals surface area contributed by atoms with Crippen LogP contribution in [0.3, 0.4) is 0 Å². The summed E-state index contributed by atoms with van der Waals surface area (Å²) < 4.78 is 38.4. The van der Waals surface area contributed by atoms with E-state index in [1.807, 2.05) is 0 Å². The van der Waals surface area contributed by atoms with Crippen LogP contribution >= 0.6 is 0 Å². The summed E-state index contributed by atoms with van der Waals surface area (Å²) in [5, 5.41) is 3.14. The van der Waals surface area contributed by atoms with Gasteiger partial charge < -0.3 is 14.8 Å². The van der Waals surface area contributed by atoms with Gasteiger partial charge in [-0.15, -0.1) is 0 Å². The molecule has 2 fully saturated rings. The van der Waals surface area contributed by atoms with Gasteiger partial charge in [-0.25, -0.2) is 0 Å². The molecule has 2 saturated heterocycles. The standard InChI is InChI=1S/C10H21N3O4S/c1-16-9-7-13(8-10(9)17-2)18(14,15)12-5-3-11-4-6-12/h9-11H,3-8H2,1-2H3. The van der Waals surface area contributed by atoms with E-state index < -0.39 is 10.2 Å². The summed E-state index contributed by atoms with van der Waals surface area (Å²) in [6.45, 7) is 3.17. The minimum absolute atomic E-state index is 0.187. The number of nitrogens with one attached hydrogen (secondary N) is 1. The highest BCUT2D eigenvalue weighted by Crippen LogP contribution is 2.21. The van der Waals surface area contributed by atoms with Crippen LogP contribution in [0.25, 0.3) is 0 Å². The summed E-state index contributed by atoms with van der Waals surface area (Å²) in [4.78, 5) is 0. The fraction of sp³-hybridized carbons (Fsp3) is 1.00. The molecule has 0 amide bonds. The molecule has 1 N–H and O–H groups in total. The molecule has 106 valence electrons. The first-order chi connectivity index (χ1) is 8.59. The summed E-state index contributed by atoms with van der Waals surface area (Å²) >= 11 is 0. The molecule has 2 heterocycles. The second kappa shape index (κ2) is 5.81. The molecule has 0 spiro atoms. The molecule has 18 heavy (non-hydrogen) atoms. The van der Waals surface area contributed by atoms with Crippen molar-refractivity contribution in [2.45, 2.75) is 12.2 Å². The van der Waals surface area contributed by atoms with Gasteiger partial charge in [0.05, 0.1) is 12.2 Å². The van der Waals surface area contributed by atoms with Crippen molar-refractivity contribution in [1.29, 1.82) is 0 Å². The Morgan fingerprint density at radius 1 is 1.00 bits per heavy atom. The van der Waals surface area contributed by atoms with Gasteiger partial charge in [-0.3, -0.25) is 0 Å². The molecule has 0 saturated carbocycles. The Hall–Kier alpha value is -0.250. The van der Waals surface area contributed by atoms with Crippen LogP contribution in [-0.4, -0.2) is 82.7 Å². The number of ether oxygens (including phenoxy) is 2. The van der Waals surface area contributed by atoms with Crippen LogP contribution < -0.4 is 5.32 Å². The molecule has 0 aromatic carbocycles.